The van der Waals surface area contributed by atoms with Crippen LogP contribution < -0.4 is 0 Å². The minimum absolute atomic E-state index is 0.0317. The SMILES string of the molecule is OCc1ccc2cc(F)sc2c1Br. The number of hydrogen-bond acceptors (Lipinski definition) is 2. The third-order valence-electron chi connectivity index (χ3n) is 1.85. The molecule has 0 spiro atoms. The first-order valence-corrected chi connectivity index (χ1v) is 5.30. The van der Waals surface area contributed by atoms with Crippen molar-refractivity contribution >= 4 is 37.4 Å². The van der Waals surface area contributed by atoms with Crippen molar-refractivity contribution < 1.29 is 9.50 Å². The van der Waals surface area contributed by atoms with Gasteiger partial charge in [-0.05, 0) is 32.9 Å². The molecule has 1 N–H and O–H groups in total. The summed E-state index contributed by atoms with van der Waals surface area (Å²) in [5, 5.41) is 9.63. The molecule has 0 saturated heterocycles. The fourth-order valence-electron chi connectivity index (χ4n) is 1.20. The zero-order chi connectivity index (χ0) is 9.42. The first-order chi connectivity index (χ1) is 6.22. The molecule has 0 bridgehead atoms. The minimum Gasteiger partial charge on any atom is -0.392 e. The van der Waals surface area contributed by atoms with Gasteiger partial charge in [-0.2, -0.15) is 4.39 Å². The van der Waals surface area contributed by atoms with Gasteiger partial charge in [0, 0.05) is 4.47 Å². The van der Waals surface area contributed by atoms with E-state index in [0.717, 1.165) is 31.5 Å². The molecular formula is C9H6BrFOS. The molecular weight excluding hydrogens is 255 g/mol. The standard InChI is InChI=1S/C9H6BrFOS/c10-8-6(4-12)2-1-5-3-7(11)13-9(5)8/h1-3,12H,4H2. The molecule has 0 saturated carbocycles. The summed E-state index contributed by atoms with van der Waals surface area (Å²) in [5.74, 6) is 0. The van der Waals surface area contributed by atoms with Gasteiger partial charge >= 0.3 is 0 Å². The van der Waals surface area contributed by atoms with Gasteiger partial charge in [-0.3, -0.25) is 0 Å². The van der Waals surface area contributed by atoms with Crippen molar-refractivity contribution in [3.63, 3.8) is 0 Å². The van der Waals surface area contributed by atoms with E-state index in [0.29, 0.717) is 0 Å². The Balaban J connectivity index is 2.78. The Morgan fingerprint density at radius 1 is 1.46 bits per heavy atom. The lowest BCUT2D eigenvalue weighted by atomic mass is 10.2. The quantitative estimate of drug-likeness (QED) is 0.835. The van der Waals surface area contributed by atoms with Gasteiger partial charge in [0.15, 0.2) is 5.13 Å². The largest absolute Gasteiger partial charge is 0.392 e. The van der Waals surface area contributed by atoms with E-state index in [2.05, 4.69) is 15.9 Å². The molecule has 0 radical (unpaired) electrons. The number of aliphatic hydroxyl groups excluding tert-OH is 1. The highest BCUT2D eigenvalue weighted by Crippen LogP contribution is 2.33. The molecule has 13 heavy (non-hydrogen) atoms. The summed E-state index contributed by atoms with van der Waals surface area (Å²) >= 11 is 4.42. The first-order valence-electron chi connectivity index (χ1n) is 3.69. The number of halogens is 2. The van der Waals surface area contributed by atoms with Crippen LogP contribution in [0.1, 0.15) is 5.56 Å². The summed E-state index contributed by atoms with van der Waals surface area (Å²) in [4.78, 5) is 0. The second-order valence-corrected chi connectivity index (χ2v) is 4.46. The van der Waals surface area contributed by atoms with Gasteiger partial charge in [0.2, 0.25) is 0 Å². The van der Waals surface area contributed by atoms with Crippen LogP contribution in [0.25, 0.3) is 10.1 Å². The maximum atomic E-state index is 12.9. The average Bonchev–Trinajstić information content (AvgIpc) is 2.47. The fourth-order valence-corrected chi connectivity index (χ4v) is 2.78. The first kappa shape index (κ1) is 9.12. The van der Waals surface area contributed by atoms with Crippen LogP contribution in [-0.2, 0) is 6.61 Å². The van der Waals surface area contributed by atoms with E-state index in [4.69, 9.17) is 5.11 Å². The van der Waals surface area contributed by atoms with Crippen LogP contribution in [0.2, 0.25) is 0 Å². The van der Waals surface area contributed by atoms with Crippen LogP contribution in [-0.4, -0.2) is 5.11 Å². The van der Waals surface area contributed by atoms with E-state index in [1.54, 1.807) is 6.07 Å². The van der Waals surface area contributed by atoms with Gasteiger partial charge in [0.25, 0.3) is 0 Å². The molecule has 0 aliphatic heterocycles. The minimum atomic E-state index is -0.203. The predicted molar refractivity (Wildman–Crippen MR) is 55.4 cm³/mol. The van der Waals surface area contributed by atoms with Gasteiger partial charge < -0.3 is 5.11 Å². The lowest BCUT2D eigenvalue weighted by Gasteiger charge is -2.00. The van der Waals surface area contributed by atoms with Gasteiger partial charge in [-0.25, -0.2) is 0 Å². The Bertz CT molecular complexity index is 452. The summed E-state index contributed by atoms with van der Waals surface area (Å²) in [7, 11) is 0. The number of benzene rings is 1. The van der Waals surface area contributed by atoms with Gasteiger partial charge in [0.05, 0.1) is 11.3 Å². The number of aliphatic hydroxyl groups is 1. The molecule has 0 amide bonds. The van der Waals surface area contributed by atoms with Crippen molar-refractivity contribution in [1.82, 2.24) is 0 Å². The summed E-state index contributed by atoms with van der Waals surface area (Å²) in [6.45, 7) is -0.0317. The zero-order valence-corrected chi connectivity index (χ0v) is 8.95. The lowest BCUT2D eigenvalue weighted by Crippen LogP contribution is -1.83. The van der Waals surface area contributed by atoms with E-state index < -0.39 is 0 Å². The van der Waals surface area contributed by atoms with Crippen LogP contribution in [0.4, 0.5) is 4.39 Å². The van der Waals surface area contributed by atoms with Crippen LogP contribution >= 0.6 is 27.3 Å². The highest BCUT2D eigenvalue weighted by atomic mass is 79.9. The topological polar surface area (TPSA) is 20.2 Å². The highest BCUT2D eigenvalue weighted by molar-refractivity contribution is 9.10. The van der Waals surface area contributed by atoms with Gasteiger partial charge in [-0.1, -0.05) is 12.1 Å². The van der Waals surface area contributed by atoms with Crippen LogP contribution in [0.3, 0.4) is 0 Å². The van der Waals surface area contributed by atoms with Crippen molar-refractivity contribution in [3.8, 4) is 0 Å². The Morgan fingerprint density at radius 2 is 2.23 bits per heavy atom. The third kappa shape index (κ3) is 1.49. The maximum Gasteiger partial charge on any atom is 0.177 e. The monoisotopic (exact) mass is 260 g/mol. The van der Waals surface area contributed by atoms with E-state index >= 15 is 0 Å². The molecule has 68 valence electrons. The maximum absolute atomic E-state index is 12.9. The summed E-state index contributed by atoms with van der Waals surface area (Å²) in [5.41, 5.74) is 0.786. The van der Waals surface area contributed by atoms with Crippen LogP contribution in [0, 0.1) is 5.13 Å². The molecule has 1 aromatic carbocycles. The molecule has 1 nitrogen and oxygen atoms in total. The summed E-state index contributed by atoms with van der Waals surface area (Å²) in [6.07, 6.45) is 0. The van der Waals surface area contributed by atoms with Crippen molar-refractivity contribution in [2.45, 2.75) is 6.61 Å². The molecule has 0 aliphatic rings. The van der Waals surface area contributed by atoms with Gasteiger partial charge in [0.1, 0.15) is 0 Å². The number of hydrogen-bond donors (Lipinski definition) is 1. The smallest absolute Gasteiger partial charge is 0.177 e. The molecule has 1 aromatic heterocycles. The van der Waals surface area contributed by atoms with Crippen molar-refractivity contribution in [1.29, 1.82) is 0 Å². The molecule has 0 fully saturated rings. The zero-order valence-electron chi connectivity index (χ0n) is 6.55. The Labute approximate surface area is 86.9 Å². The highest BCUT2D eigenvalue weighted by Gasteiger charge is 2.07. The van der Waals surface area contributed by atoms with Crippen molar-refractivity contribution in [2.75, 3.05) is 0 Å². The van der Waals surface area contributed by atoms with Crippen LogP contribution in [0.5, 0.6) is 0 Å². The second kappa shape index (κ2) is 3.36. The molecule has 0 aliphatic carbocycles. The summed E-state index contributed by atoms with van der Waals surface area (Å²) < 4.78 is 14.5. The number of rotatable bonds is 1. The summed E-state index contributed by atoms with van der Waals surface area (Å²) in [6, 6.07) is 5.09. The van der Waals surface area contributed by atoms with E-state index in [1.165, 1.54) is 6.07 Å². The van der Waals surface area contributed by atoms with Gasteiger partial charge in [-0.15, -0.1) is 11.3 Å². The van der Waals surface area contributed by atoms with Crippen LogP contribution in [0.15, 0.2) is 22.7 Å². The normalized spacial score (nSPS) is 11.0. The molecule has 2 aromatic rings. The number of fused-ring (bicyclic) bond motifs is 1. The third-order valence-corrected chi connectivity index (χ3v) is 3.97. The average molecular weight is 261 g/mol. The molecule has 4 heteroatoms. The Kier molecular flexibility index (Phi) is 2.36. The number of thiophene rings is 1. The Hall–Kier alpha value is -0.450. The molecule has 1 heterocycles. The van der Waals surface area contributed by atoms with Crippen molar-refractivity contribution in [2.24, 2.45) is 0 Å². The molecule has 0 unspecified atom stereocenters. The fraction of sp³-hybridized carbons (Fsp3) is 0.111. The second-order valence-electron chi connectivity index (χ2n) is 2.67. The lowest BCUT2D eigenvalue weighted by molar-refractivity contribution is 0.281. The van der Waals surface area contributed by atoms with Crippen molar-refractivity contribution in [3.05, 3.63) is 33.4 Å². The predicted octanol–water partition coefficient (Wildman–Crippen LogP) is 3.30. The van der Waals surface area contributed by atoms with E-state index in [9.17, 15) is 4.39 Å². The van der Waals surface area contributed by atoms with E-state index in [-0.39, 0.29) is 11.7 Å². The Morgan fingerprint density at radius 3 is 2.92 bits per heavy atom. The molecule has 0 atom stereocenters. The van der Waals surface area contributed by atoms with E-state index in [1.807, 2.05) is 6.07 Å². The molecule has 2 rings (SSSR count).